The van der Waals surface area contributed by atoms with Crippen molar-refractivity contribution in [3.63, 3.8) is 0 Å². The normalized spacial score (nSPS) is 28.8. The summed E-state index contributed by atoms with van der Waals surface area (Å²) in [6.07, 6.45) is 6.32. The fraction of sp³-hybridized carbons (Fsp3) is 0.667. The molecular formula is C27H39N5O2. The average Bonchev–Trinajstić information content (AvgIpc) is 3.01. The molecule has 1 saturated heterocycles. The number of rotatable bonds is 7. The lowest BCUT2D eigenvalue weighted by Gasteiger charge is -2.52. The van der Waals surface area contributed by atoms with E-state index in [1.54, 1.807) is 13.8 Å². The molecule has 1 aliphatic heterocycles. The Morgan fingerprint density at radius 3 is 2.21 bits per heavy atom. The van der Waals surface area contributed by atoms with E-state index in [-0.39, 0.29) is 17.1 Å². The lowest BCUT2D eigenvalue weighted by molar-refractivity contribution is -0.126. The first-order valence-corrected chi connectivity index (χ1v) is 12.5. The zero-order valence-corrected chi connectivity index (χ0v) is 21.1. The quantitative estimate of drug-likeness (QED) is 0.664. The largest absolute Gasteiger partial charge is 0.369 e. The highest BCUT2D eigenvalue weighted by molar-refractivity contribution is 5.83. The van der Waals surface area contributed by atoms with Crippen LogP contribution in [0.5, 0.6) is 0 Å². The van der Waals surface area contributed by atoms with Gasteiger partial charge in [-0.1, -0.05) is 36.8 Å². The van der Waals surface area contributed by atoms with Gasteiger partial charge in [-0.2, -0.15) is 5.26 Å². The maximum absolute atomic E-state index is 13.8. The monoisotopic (exact) mass is 465 g/mol. The lowest BCUT2D eigenvalue weighted by Crippen LogP contribution is -2.57. The van der Waals surface area contributed by atoms with Gasteiger partial charge >= 0.3 is 6.03 Å². The minimum Gasteiger partial charge on any atom is -0.369 e. The number of nitrogens with two attached hydrogens (primary N) is 1. The molecule has 184 valence electrons. The molecule has 0 bridgehead atoms. The summed E-state index contributed by atoms with van der Waals surface area (Å²) >= 11 is 0. The van der Waals surface area contributed by atoms with Gasteiger partial charge in [0.25, 0.3) is 0 Å². The third-order valence-corrected chi connectivity index (χ3v) is 9.00. The van der Waals surface area contributed by atoms with Crippen LogP contribution in [0.25, 0.3) is 0 Å². The van der Waals surface area contributed by atoms with Crippen molar-refractivity contribution in [3.8, 4) is 6.07 Å². The number of hydrogen-bond acceptors (Lipinski definition) is 4. The molecular weight excluding hydrogens is 426 g/mol. The van der Waals surface area contributed by atoms with E-state index in [0.717, 1.165) is 44.9 Å². The number of primary amides is 1. The molecule has 34 heavy (non-hydrogen) atoms. The number of benzene rings is 1. The molecule has 0 unspecified atom stereocenters. The summed E-state index contributed by atoms with van der Waals surface area (Å²) in [5.74, 6) is -0.403. The molecule has 2 aliphatic carbocycles. The molecule has 1 aromatic carbocycles. The number of nitriles is 1. The summed E-state index contributed by atoms with van der Waals surface area (Å²) in [5.41, 5.74) is 5.32. The smallest absolute Gasteiger partial charge is 0.320 e. The highest BCUT2D eigenvalue weighted by Crippen LogP contribution is 2.51. The number of urea groups is 1. The SMILES string of the molecule is CN(C)[C@]1(c2ccccc2)CC[C@]2(CC1)CN(CC(C)(C)C(N)=O)C(=O)N2CC1(C#N)CCC1. The van der Waals surface area contributed by atoms with E-state index in [2.05, 4.69) is 49.3 Å². The van der Waals surface area contributed by atoms with Crippen LogP contribution in [0.2, 0.25) is 0 Å². The van der Waals surface area contributed by atoms with Crippen molar-refractivity contribution in [3.05, 3.63) is 35.9 Å². The topological polar surface area (TPSA) is 93.7 Å². The average molecular weight is 466 g/mol. The zero-order chi connectivity index (χ0) is 24.8. The van der Waals surface area contributed by atoms with Gasteiger partial charge in [-0.15, -0.1) is 0 Å². The Kier molecular flexibility index (Phi) is 6.18. The van der Waals surface area contributed by atoms with Gasteiger partial charge in [0, 0.05) is 25.2 Å². The first-order chi connectivity index (χ1) is 16.0. The molecule has 1 heterocycles. The Hall–Kier alpha value is -2.59. The fourth-order valence-corrected chi connectivity index (χ4v) is 6.31. The van der Waals surface area contributed by atoms with Crippen molar-refractivity contribution in [2.75, 3.05) is 33.7 Å². The number of hydrogen-bond donors (Lipinski definition) is 1. The van der Waals surface area contributed by atoms with Gasteiger partial charge in [-0.05, 0) is 72.0 Å². The van der Waals surface area contributed by atoms with Crippen LogP contribution in [-0.4, -0.2) is 65.9 Å². The van der Waals surface area contributed by atoms with Gasteiger partial charge in [-0.25, -0.2) is 4.79 Å². The minimum atomic E-state index is -0.803. The highest BCUT2D eigenvalue weighted by Gasteiger charge is 2.57. The van der Waals surface area contributed by atoms with Crippen molar-refractivity contribution in [1.29, 1.82) is 5.26 Å². The molecule has 3 aliphatic rings. The zero-order valence-electron chi connectivity index (χ0n) is 21.1. The van der Waals surface area contributed by atoms with Crippen LogP contribution in [0, 0.1) is 22.2 Å². The van der Waals surface area contributed by atoms with Crippen molar-refractivity contribution >= 4 is 11.9 Å². The number of carbonyl (C=O) groups excluding carboxylic acids is 2. The minimum absolute atomic E-state index is 0.0482. The van der Waals surface area contributed by atoms with Crippen LogP contribution in [0.1, 0.15) is 64.4 Å². The van der Waals surface area contributed by atoms with E-state index in [1.165, 1.54) is 5.56 Å². The van der Waals surface area contributed by atoms with Crippen LogP contribution in [-0.2, 0) is 10.3 Å². The van der Waals surface area contributed by atoms with E-state index >= 15 is 0 Å². The first-order valence-electron chi connectivity index (χ1n) is 12.5. The number of carbonyl (C=O) groups is 2. The molecule has 1 aromatic rings. The molecule has 4 rings (SSSR count). The van der Waals surface area contributed by atoms with Crippen LogP contribution in [0.3, 0.4) is 0 Å². The first kappa shape index (κ1) is 24.5. The summed E-state index contributed by atoms with van der Waals surface area (Å²) in [6.45, 7) is 4.97. The van der Waals surface area contributed by atoms with E-state index in [0.29, 0.717) is 19.6 Å². The molecule has 7 nitrogen and oxygen atoms in total. The number of nitrogens with zero attached hydrogens (tertiary/aromatic N) is 4. The molecule has 2 N–H and O–H groups in total. The Balaban J connectivity index is 1.64. The van der Waals surface area contributed by atoms with E-state index in [9.17, 15) is 14.9 Å². The Morgan fingerprint density at radius 2 is 1.74 bits per heavy atom. The van der Waals surface area contributed by atoms with Crippen molar-refractivity contribution in [2.45, 2.75) is 69.9 Å². The van der Waals surface area contributed by atoms with Gasteiger partial charge in [0.05, 0.1) is 22.4 Å². The summed E-state index contributed by atoms with van der Waals surface area (Å²) in [6, 6.07) is 13.1. The predicted octanol–water partition coefficient (Wildman–Crippen LogP) is 3.70. The standard InChI is InChI=1S/C27H39N5O2/c1-24(2,22(29)33)18-31-20-26(32(23(31)34)19-25(17-28)11-8-12-25)13-15-27(16-14-26,30(3)4)21-9-6-5-7-10-21/h5-7,9-10H,8,11-16,18-20H2,1-4H3,(H2,29,33)/t26-,27+. The molecule has 7 heteroatoms. The van der Waals surface area contributed by atoms with Gasteiger partial charge in [0.1, 0.15) is 0 Å². The van der Waals surface area contributed by atoms with E-state index in [4.69, 9.17) is 5.73 Å². The molecule has 1 spiro atoms. The van der Waals surface area contributed by atoms with Crippen molar-refractivity contribution in [1.82, 2.24) is 14.7 Å². The summed E-state index contributed by atoms with van der Waals surface area (Å²) in [7, 11) is 4.28. The second-order valence-electron chi connectivity index (χ2n) is 11.7. The summed E-state index contributed by atoms with van der Waals surface area (Å²) in [4.78, 5) is 31.9. The van der Waals surface area contributed by atoms with Crippen molar-refractivity contribution < 1.29 is 9.59 Å². The van der Waals surface area contributed by atoms with Gasteiger partial charge in [0.2, 0.25) is 5.91 Å². The van der Waals surface area contributed by atoms with Gasteiger partial charge in [0.15, 0.2) is 0 Å². The summed E-state index contributed by atoms with van der Waals surface area (Å²) < 4.78 is 0. The molecule has 0 radical (unpaired) electrons. The molecule has 3 fully saturated rings. The Labute approximate surface area is 203 Å². The molecule has 2 saturated carbocycles. The molecule has 0 atom stereocenters. The van der Waals surface area contributed by atoms with Gasteiger partial charge in [-0.3, -0.25) is 9.69 Å². The maximum Gasteiger partial charge on any atom is 0.320 e. The summed E-state index contributed by atoms with van der Waals surface area (Å²) in [5, 5.41) is 9.93. The second-order valence-corrected chi connectivity index (χ2v) is 11.7. The van der Waals surface area contributed by atoms with E-state index < -0.39 is 16.7 Å². The predicted molar refractivity (Wildman–Crippen MR) is 132 cm³/mol. The highest BCUT2D eigenvalue weighted by atomic mass is 16.2. The van der Waals surface area contributed by atoms with Crippen LogP contribution >= 0.6 is 0 Å². The van der Waals surface area contributed by atoms with Crippen molar-refractivity contribution in [2.24, 2.45) is 16.6 Å². The Morgan fingerprint density at radius 1 is 1.12 bits per heavy atom. The Bertz CT molecular complexity index is 968. The molecule has 0 aromatic heterocycles. The number of amides is 3. The third kappa shape index (κ3) is 3.96. The van der Waals surface area contributed by atoms with Gasteiger partial charge < -0.3 is 15.5 Å². The second kappa shape index (κ2) is 8.57. The van der Waals surface area contributed by atoms with Crippen LogP contribution in [0.15, 0.2) is 30.3 Å². The van der Waals surface area contributed by atoms with Crippen LogP contribution in [0.4, 0.5) is 4.79 Å². The maximum atomic E-state index is 13.8. The molecule has 3 amide bonds. The third-order valence-electron chi connectivity index (χ3n) is 9.00. The lowest BCUT2D eigenvalue weighted by atomic mass is 9.66. The van der Waals surface area contributed by atoms with Crippen LogP contribution < -0.4 is 5.73 Å². The van der Waals surface area contributed by atoms with E-state index in [1.807, 2.05) is 15.9 Å². The fourth-order valence-electron chi connectivity index (χ4n) is 6.31.